The topological polar surface area (TPSA) is 49.8 Å². The van der Waals surface area contributed by atoms with Gasteiger partial charge >= 0.3 is 6.09 Å². The third kappa shape index (κ3) is 1.94. The largest absolute Gasteiger partial charge is 0.417 e. The molecule has 0 aliphatic carbocycles. The first-order valence-electron chi connectivity index (χ1n) is 4.84. The predicted molar refractivity (Wildman–Crippen MR) is 54.2 cm³/mol. The molecule has 15 heavy (non-hydrogen) atoms. The Kier molecular flexibility index (Phi) is 2.60. The molecule has 1 aromatic carbocycles. The molecule has 0 radical (unpaired) electrons. The van der Waals surface area contributed by atoms with Crippen LogP contribution in [0.4, 0.5) is 4.79 Å². The van der Waals surface area contributed by atoms with E-state index in [4.69, 9.17) is 4.74 Å². The van der Waals surface area contributed by atoms with Crippen LogP contribution in [0.25, 0.3) is 0 Å². The van der Waals surface area contributed by atoms with Crippen LogP contribution in [0.1, 0.15) is 5.56 Å². The van der Waals surface area contributed by atoms with E-state index < -0.39 is 12.4 Å². The molecule has 0 aromatic heterocycles. The Hall–Kier alpha value is -1.55. The van der Waals surface area contributed by atoms with Gasteiger partial charge in [0.15, 0.2) is 0 Å². The zero-order chi connectivity index (χ0) is 10.8. The number of carbonyl (C=O) groups is 1. The van der Waals surface area contributed by atoms with Crippen molar-refractivity contribution in [2.75, 3.05) is 7.05 Å². The van der Waals surface area contributed by atoms with Crippen molar-refractivity contribution in [3.63, 3.8) is 0 Å². The van der Waals surface area contributed by atoms with Crippen molar-refractivity contribution < 1.29 is 14.6 Å². The van der Waals surface area contributed by atoms with Crippen molar-refractivity contribution in [1.29, 1.82) is 0 Å². The van der Waals surface area contributed by atoms with E-state index in [1.165, 1.54) is 4.90 Å². The van der Waals surface area contributed by atoms with E-state index in [0.29, 0.717) is 6.42 Å². The van der Waals surface area contributed by atoms with Gasteiger partial charge in [0.05, 0.1) is 0 Å². The number of benzene rings is 1. The van der Waals surface area contributed by atoms with Crippen LogP contribution in [-0.4, -0.2) is 35.5 Å². The van der Waals surface area contributed by atoms with E-state index in [1.54, 1.807) is 7.05 Å². The quantitative estimate of drug-likeness (QED) is 0.787. The number of aliphatic hydroxyl groups excluding tert-OH is 1. The summed E-state index contributed by atoms with van der Waals surface area (Å²) in [7, 11) is 1.63. The van der Waals surface area contributed by atoms with Gasteiger partial charge in [-0.2, -0.15) is 0 Å². The number of hydrogen-bond donors (Lipinski definition) is 1. The highest BCUT2D eigenvalue weighted by atomic mass is 16.7. The van der Waals surface area contributed by atoms with Gasteiger partial charge in [0.2, 0.25) is 6.29 Å². The summed E-state index contributed by atoms with van der Waals surface area (Å²) in [6.45, 7) is 0. The Morgan fingerprint density at radius 1 is 1.40 bits per heavy atom. The maximum Gasteiger partial charge on any atom is 0.412 e. The number of ether oxygens (including phenoxy) is 1. The lowest BCUT2D eigenvalue weighted by atomic mass is 10.1. The van der Waals surface area contributed by atoms with Crippen LogP contribution in [-0.2, 0) is 11.2 Å². The SMILES string of the molecule is CN1C(=O)OC(O)[C@@H]1Cc1ccccc1. The minimum Gasteiger partial charge on any atom is -0.417 e. The van der Waals surface area contributed by atoms with Gasteiger partial charge in [-0.05, 0) is 12.0 Å². The lowest BCUT2D eigenvalue weighted by Crippen LogP contribution is -2.35. The number of nitrogens with zero attached hydrogens (tertiary/aromatic N) is 1. The van der Waals surface area contributed by atoms with Crippen LogP contribution < -0.4 is 0 Å². The fourth-order valence-corrected chi connectivity index (χ4v) is 1.68. The lowest BCUT2D eigenvalue weighted by molar-refractivity contribution is -0.0375. The molecule has 1 fully saturated rings. The van der Waals surface area contributed by atoms with Gasteiger partial charge in [-0.3, -0.25) is 0 Å². The number of carbonyl (C=O) groups excluding carboxylic acids is 1. The monoisotopic (exact) mass is 207 g/mol. The minimum absolute atomic E-state index is 0.292. The van der Waals surface area contributed by atoms with Crippen LogP contribution in [0.3, 0.4) is 0 Å². The Morgan fingerprint density at radius 3 is 2.60 bits per heavy atom. The molecule has 1 amide bonds. The van der Waals surface area contributed by atoms with Crippen molar-refractivity contribution in [3.8, 4) is 0 Å². The fourth-order valence-electron chi connectivity index (χ4n) is 1.68. The first kappa shape index (κ1) is 9.98. The third-order valence-electron chi connectivity index (χ3n) is 2.62. The smallest absolute Gasteiger partial charge is 0.412 e. The van der Waals surface area contributed by atoms with Gasteiger partial charge in [-0.1, -0.05) is 30.3 Å². The molecule has 1 saturated heterocycles. The standard InChI is InChI=1S/C11H13NO3/c1-12-9(10(13)15-11(12)14)7-8-5-3-2-4-6-8/h2-6,9-10,13H,7H2,1H3/t9-,10?/m0/s1. The van der Waals surface area contributed by atoms with Crippen molar-refractivity contribution in [2.45, 2.75) is 18.8 Å². The highest BCUT2D eigenvalue weighted by Crippen LogP contribution is 2.19. The molecule has 1 aliphatic rings. The molecule has 2 atom stereocenters. The molecule has 80 valence electrons. The van der Waals surface area contributed by atoms with Gasteiger partial charge in [-0.15, -0.1) is 0 Å². The molecule has 1 aromatic rings. The summed E-state index contributed by atoms with van der Waals surface area (Å²) < 4.78 is 4.70. The van der Waals surface area contributed by atoms with E-state index >= 15 is 0 Å². The van der Waals surface area contributed by atoms with Crippen LogP contribution in [0, 0.1) is 0 Å². The lowest BCUT2D eigenvalue weighted by Gasteiger charge is -2.17. The normalized spacial score (nSPS) is 25.5. The number of aliphatic hydroxyl groups is 1. The predicted octanol–water partition coefficient (Wildman–Crippen LogP) is 0.998. The molecule has 0 saturated carbocycles. The third-order valence-corrected chi connectivity index (χ3v) is 2.62. The van der Waals surface area contributed by atoms with Crippen LogP contribution in [0.15, 0.2) is 30.3 Å². The summed E-state index contributed by atoms with van der Waals surface area (Å²) in [6, 6.07) is 9.42. The molecular weight excluding hydrogens is 194 g/mol. The van der Waals surface area contributed by atoms with E-state index in [9.17, 15) is 9.90 Å². The average molecular weight is 207 g/mol. The first-order valence-corrected chi connectivity index (χ1v) is 4.84. The summed E-state index contributed by atoms with van der Waals surface area (Å²) in [6.07, 6.45) is -0.893. The van der Waals surface area contributed by atoms with Gasteiger partial charge in [-0.25, -0.2) is 4.79 Å². The van der Waals surface area contributed by atoms with Gasteiger partial charge in [0.25, 0.3) is 0 Å². The zero-order valence-corrected chi connectivity index (χ0v) is 8.46. The summed E-state index contributed by atoms with van der Waals surface area (Å²) in [4.78, 5) is 12.6. The van der Waals surface area contributed by atoms with Gasteiger partial charge in [0.1, 0.15) is 6.04 Å². The molecule has 1 aliphatic heterocycles. The van der Waals surface area contributed by atoms with Crippen LogP contribution in [0.5, 0.6) is 0 Å². The van der Waals surface area contributed by atoms with E-state index in [0.717, 1.165) is 5.56 Å². The van der Waals surface area contributed by atoms with Crippen LogP contribution >= 0.6 is 0 Å². The summed E-state index contributed by atoms with van der Waals surface area (Å²) in [5.41, 5.74) is 1.08. The van der Waals surface area contributed by atoms with Crippen LogP contribution in [0.2, 0.25) is 0 Å². The Labute approximate surface area is 88.1 Å². The average Bonchev–Trinajstić information content (AvgIpc) is 2.47. The minimum atomic E-state index is -1.03. The summed E-state index contributed by atoms with van der Waals surface area (Å²) in [5, 5.41) is 9.51. The fraction of sp³-hybridized carbons (Fsp3) is 0.364. The second kappa shape index (κ2) is 3.90. The highest BCUT2D eigenvalue weighted by Gasteiger charge is 2.37. The Morgan fingerprint density at radius 2 is 2.07 bits per heavy atom. The zero-order valence-electron chi connectivity index (χ0n) is 8.46. The summed E-state index contributed by atoms with van der Waals surface area (Å²) >= 11 is 0. The van der Waals surface area contributed by atoms with Crippen molar-refractivity contribution in [3.05, 3.63) is 35.9 Å². The van der Waals surface area contributed by atoms with Gasteiger partial charge in [0, 0.05) is 7.05 Å². The summed E-state index contributed by atoms with van der Waals surface area (Å²) in [5.74, 6) is 0. The van der Waals surface area contributed by atoms with E-state index in [1.807, 2.05) is 30.3 Å². The molecule has 1 heterocycles. The van der Waals surface area contributed by atoms with E-state index in [-0.39, 0.29) is 6.04 Å². The number of rotatable bonds is 2. The second-order valence-corrected chi connectivity index (χ2v) is 3.64. The van der Waals surface area contributed by atoms with Crippen molar-refractivity contribution in [2.24, 2.45) is 0 Å². The molecule has 0 bridgehead atoms. The molecule has 0 spiro atoms. The first-order chi connectivity index (χ1) is 7.18. The maximum atomic E-state index is 11.1. The van der Waals surface area contributed by atoms with E-state index in [2.05, 4.69) is 0 Å². The molecular formula is C11H13NO3. The molecule has 4 heteroatoms. The highest BCUT2D eigenvalue weighted by molar-refractivity contribution is 5.70. The van der Waals surface area contributed by atoms with Crippen molar-refractivity contribution in [1.82, 2.24) is 4.90 Å². The molecule has 1 N–H and O–H groups in total. The second-order valence-electron chi connectivity index (χ2n) is 3.64. The number of hydrogen-bond acceptors (Lipinski definition) is 3. The number of likely N-dealkylation sites (N-methyl/N-ethyl adjacent to an activating group) is 1. The van der Waals surface area contributed by atoms with Crippen molar-refractivity contribution >= 4 is 6.09 Å². The Bertz CT molecular complexity index is 352. The molecule has 1 unspecified atom stereocenters. The number of amides is 1. The molecule has 2 rings (SSSR count). The number of cyclic esters (lactones) is 1. The Balaban J connectivity index is 2.09. The molecule has 4 nitrogen and oxygen atoms in total. The van der Waals surface area contributed by atoms with Gasteiger partial charge < -0.3 is 14.7 Å². The maximum absolute atomic E-state index is 11.1.